The molecule has 33 heavy (non-hydrogen) atoms. The van der Waals surface area contributed by atoms with Gasteiger partial charge in [-0.2, -0.15) is 8.42 Å². The highest BCUT2D eigenvalue weighted by molar-refractivity contribution is 8.18. The van der Waals surface area contributed by atoms with Gasteiger partial charge in [0.1, 0.15) is 4.90 Å². The Hall–Kier alpha value is -3.56. The zero-order valence-corrected chi connectivity index (χ0v) is 19.1. The molecule has 1 aliphatic heterocycles. The number of hydrogen-bond donors (Lipinski definition) is 0. The molecule has 9 heteroatoms. The van der Waals surface area contributed by atoms with Crippen molar-refractivity contribution in [3.8, 4) is 11.5 Å². The van der Waals surface area contributed by atoms with Crippen molar-refractivity contribution in [3.05, 3.63) is 94.9 Å². The van der Waals surface area contributed by atoms with Gasteiger partial charge in [-0.1, -0.05) is 54.6 Å². The Labute approximate surface area is 195 Å². The van der Waals surface area contributed by atoms with Crippen molar-refractivity contribution in [3.63, 3.8) is 0 Å². The first kappa shape index (κ1) is 22.6. The van der Waals surface area contributed by atoms with Crippen LogP contribution in [0.3, 0.4) is 0 Å². The molecule has 3 aromatic carbocycles. The summed E-state index contributed by atoms with van der Waals surface area (Å²) in [5.74, 6) is -0.206. The Morgan fingerprint density at radius 3 is 2.24 bits per heavy atom. The molecule has 168 valence electrons. The first-order valence-corrected chi connectivity index (χ1v) is 12.1. The normalized spacial score (nSPS) is 15.2. The second-order valence-corrected chi connectivity index (χ2v) is 9.55. The number of rotatable bonds is 7. The number of amides is 2. The second kappa shape index (κ2) is 9.51. The SMILES string of the molecule is COc1cc(/C=C2\SC(=O)N(Cc3ccccc3)C2=O)ccc1OS(=O)(=O)c1ccccc1. The molecule has 0 aliphatic carbocycles. The van der Waals surface area contributed by atoms with Crippen LogP contribution in [-0.4, -0.2) is 31.6 Å². The van der Waals surface area contributed by atoms with Gasteiger partial charge >= 0.3 is 10.1 Å². The highest BCUT2D eigenvalue weighted by Gasteiger charge is 2.35. The molecule has 2 amide bonds. The minimum absolute atomic E-state index is 0.00989. The molecular weight excluding hydrogens is 462 g/mol. The summed E-state index contributed by atoms with van der Waals surface area (Å²) in [7, 11) is -2.66. The molecule has 4 rings (SSSR count). The molecular formula is C24H19NO6S2. The van der Waals surface area contributed by atoms with Crippen molar-refractivity contribution in [2.24, 2.45) is 0 Å². The average Bonchev–Trinajstić information content (AvgIpc) is 3.08. The van der Waals surface area contributed by atoms with Crippen LogP contribution in [0, 0.1) is 0 Å². The summed E-state index contributed by atoms with van der Waals surface area (Å²) >= 11 is 0.851. The van der Waals surface area contributed by atoms with Gasteiger partial charge in [-0.25, -0.2) is 0 Å². The Balaban J connectivity index is 1.55. The molecule has 0 N–H and O–H groups in total. The molecule has 0 saturated carbocycles. The number of carbonyl (C=O) groups is 2. The van der Waals surface area contributed by atoms with Crippen molar-refractivity contribution < 1.29 is 26.9 Å². The maximum absolute atomic E-state index is 12.8. The van der Waals surface area contributed by atoms with Crippen LogP contribution in [0.1, 0.15) is 11.1 Å². The highest BCUT2D eigenvalue weighted by Crippen LogP contribution is 2.36. The first-order valence-electron chi connectivity index (χ1n) is 9.84. The Kier molecular flexibility index (Phi) is 6.52. The van der Waals surface area contributed by atoms with E-state index < -0.39 is 10.1 Å². The van der Waals surface area contributed by atoms with E-state index in [1.54, 1.807) is 36.4 Å². The molecule has 1 fully saturated rings. The molecule has 0 bridgehead atoms. The van der Waals surface area contributed by atoms with Crippen LogP contribution < -0.4 is 8.92 Å². The highest BCUT2D eigenvalue weighted by atomic mass is 32.2. The number of benzene rings is 3. The molecule has 1 aliphatic rings. The molecule has 0 radical (unpaired) electrons. The van der Waals surface area contributed by atoms with Crippen molar-refractivity contribution in [1.29, 1.82) is 0 Å². The monoisotopic (exact) mass is 481 g/mol. The van der Waals surface area contributed by atoms with Crippen molar-refractivity contribution in [1.82, 2.24) is 4.90 Å². The standard InChI is InChI=1S/C24H19NO6S2/c1-30-21-14-18(12-13-20(21)31-33(28,29)19-10-6-3-7-11-19)15-22-23(26)25(24(27)32-22)16-17-8-4-2-5-9-17/h2-15H,16H2,1H3/b22-15-. The topological polar surface area (TPSA) is 90.0 Å². The first-order chi connectivity index (χ1) is 15.9. The molecule has 0 aromatic heterocycles. The number of imide groups is 1. The van der Waals surface area contributed by atoms with E-state index >= 15 is 0 Å². The van der Waals surface area contributed by atoms with Gasteiger partial charge in [-0.15, -0.1) is 0 Å². The van der Waals surface area contributed by atoms with E-state index in [-0.39, 0.29) is 39.0 Å². The van der Waals surface area contributed by atoms with Crippen LogP contribution in [-0.2, 0) is 21.5 Å². The average molecular weight is 482 g/mol. The third-order valence-electron chi connectivity index (χ3n) is 4.77. The summed E-state index contributed by atoms with van der Waals surface area (Å²) in [5, 5.41) is -0.351. The lowest BCUT2D eigenvalue weighted by atomic mass is 10.1. The molecule has 7 nitrogen and oxygen atoms in total. The van der Waals surface area contributed by atoms with Crippen molar-refractivity contribution >= 4 is 39.1 Å². The summed E-state index contributed by atoms with van der Waals surface area (Å²) in [6.45, 7) is 0.191. The quantitative estimate of drug-likeness (QED) is 0.357. The van der Waals surface area contributed by atoms with Gasteiger partial charge in [0.15, 0.2) is 11.5 Å². The maximum Gasteiger partial charge on any atom is 0.339 e. The second-order valence-electron chi connectivity index (χ2n) is 7.01. The molecule has 0 unspecified atom stereocenters. The Morgan fingerprint density at radius 1 is 0.909 bits per heavy atom. The lowest BCUT2D eigenvalue weighted by Crippen LogP contribution is -2.27. The number of methoxy groups -OCH3 is 1. The van der Waals surface area contributed by atoms with E-state index in [0.717, 1.165) is 17.3 Å². The number of ether oxygens (including phenoxy) is 1. The number of carbonyl (C=O) groups excluding carboxylic acids is 2. The summed E-state index contributed by atoms with van der Waals surface area (Å²) in [4.78, 5) is 26.6. The fourth-order valence-corrected chi connectivity index (χ4v) is 4.95. The molecule has 1 heterocycles. The molecule has 3 aromatic rings. The smallest absolute Gasteiger partial charge is 0.339 e. The van der Waals surface area contributed by atoms with Gasteiger partial charge in [-0.3, -0.25) is 14.5 Å². The van der Waals surface area contributed by atoms with E-state index in [9.17, 15) is 18.0 Å². The van der Waals surface area contributed by atoms with Gasteiger partial charge in [0, 0.05) is 0 Å². The van der Waals surface area contributed by atoms with Gasteiger partial charge < -0.3 is 8.92 Å². The maximum atomic E-state index is 12.8. The van der Waals surface area contributed by atoms with Crippen LogP contribution in [0.15, 0.2) is 88.7 Å². The fraction of sp³-hybridized carbons (Fsp3) is 0.0833. The van der Waals surface area contributed by atoms with Crippen molar-refractivity contribution in [2.45, 2.75) is 11.4 Å². The summed E-state index contributed by atoms with van der Waals surface area (Å²) in [6.07, 6.45) is 1.56. The van der Waals surface area contributed by atoms with E-state index in [4.69, 9.17) is 8.92 Å². The zero-order valence-electron chi connectivity index (χ0n) is 17.5. The summed E-state index contributed by atoms with van der Waals surface area (Å²) < 4.78 is 35.6. The van der Waals surface area contributed by atoms with E-state index in [2.05, 4.69) is 0 Å². The zero-order chi connectivity index (χ0) is 23.4. The lowest BCUT2D eigenvalue weighted by Gasteiger charge is -2.12. The summed E-state index contributed by atoms with van der Waals surface area (Å²) in [5.41, 5.74) is 1.41. The molecule has 1 saturated heterocycles. The largest absolute Gasteiger partial charge is 0.493 e. The lowest BCUT2D eigenvalue weighted by molar-refractivity contribution is -0.123. The number of nitrogens with zero attached hydrogens (tertiary/aromatic N) is 1. The van der Waals surface area contributed by atoms with Crippen LogP contribution in [0.25, 0.3) is 6.08 Å². The third kappa shape index (κ3) is 5.10. The fourth-order valence-electron chi connectivity index (χ4n) is 3.15. The predicted octanol–water partition coefficient (Wildman–Crippen LogP) is 4.70. The predicted molar refractivity (Wildman–Crippen MR) is 125 cm³/mol. The van der Waals surface area contributed by atoms with Gasteiger partial charge in [-0.05, 0) is 53.2 Å². The Morgan fingerprint density at radius 2 is 1.58 bits per heavy atom. The van der Waals surface area contributed by atoms with Gasteiger partial charge in [0.05, 0.1) is 18.6 Å². The van der Waals surface area contributed by atoms with Crippen LogP contribution >= 0.6 is 11.8 Å². The minimum atomic E-state index is -4.04. The minimum Gasteiger partial charge on any atom is -0.493 e. The molecule has 0 atom stereocenters. The van der Waals surface area contributed by atoms with Gasteiger partial charge in [0.2, 0.25) is 0 Å². The van der Waals surface area contributed by atoms with Crippen LogP contribution in [0.4, 0.5) is 4.79 Å². The van der Waals surface area contributed by atoms with E-state index in [0.29, 0.717) is 5.56 Å². The third-order valence-corrected chi connectivity index (χ3v) is 6.93. The van der Waals surface area contributed by atoms with Gasteiger partial charge in [0.25, 0.3) is 11.1 Å². The summed E-state index contributed by atoms with van der Waals surface area (Å²) in [6, 6.07) is 21.6. The van der Waals surface area contributed by atoms with Crippen molar-refractivity contribution in [2.75, 3.05) is 7.11 Å². The van der Waals surface area contributed by atoms with E-state index in [1.807, 2.05) is 30.3 Å². The molecule has 0 spiro atoms. The van der Waals surface area contributed by atoms with Crippen LogP contribution in [0.2, 0.25) is 0 Å². The van der Waals surface area contributed by atoms with E-state index in [1.165, 1.54) is 30.2 Å². The Bertz CT molecular complexity index is 1320. The number of thioether (sulfide) groups is 1. The van der Waals surface area contributed by atoms with Crippen LogP contribution in [0.5, 0.6) is 11.5 Å². The number of hydrogen-bond acceptors (Lipinski definition) is 7.